The number of hydrogen-bond donors (Lipinski definition) is 0. The Morgan fingerprint density at radius 1 is 1.28 bits per heavy atom. The maximum Gasteiger partial charge on any atom is 0.341 e. The first-order valence-electron chi connectivity index (χ1n) is 8.84. The van der Waals surface area contributed by atoms with Gasteiger partial charge in [-0.25, -0.2) is 9.78 Å². The lowest BCUT2D eigenvalue weighted by Gasteiger charge is -2.05. The minimum absolute atomic E-state index is 0.0817. The fraction of sp³-hybridized carbons (Fsp3) is 0.190. The molecule has 0 radical (unpaired) electrons. The second-order valence-corrected chi connectivity index (χ2v) is 8.39. The van der Waals surface area contributed by atoms with Crippen molar-refractivity contribution in [2.24, 2.45) is 7.05 Å². The first-order chi connectivity index (χ1) is 14.0. The molecule has 0 aliphatic rings. The van der Waals surface area contributed by atoms with E-state index < -0.39 is 5.97 Å². The summed E-state index contributed by atoms with van der Waals surface area (Å²) in [5, 5.41) is 1.21. The number of aryl methyl sites for hydroxylation is 1. The fourth-order valence-electron chi connectivity index (χ4n) is 2.98. The summed E-state index contributed by atoms with van der Waals surface area (Å²) in [5.74, 6) is 1.15. The van der Waals surface area contributed by atoms with Crippen molar-refractivity contribution >= 4 is 39.3 Å². The zero-order chi connectivity index (χ0) is 20.5. The maximum atomic E-state index is 12.8. The van der Waals surface area contributed by atoms with E-state index in [1.165, 1.54) is 30.2 Å². The summed E-state index contributed by atoms with van der Waals surface area (Å²) >= 11 is 2.89. The van der Waals surface area contributed by atoms with Crippen molar-refractivity contribution in [1.29, 1.82) is 0 Å². The Balaban J connectivity index is 1.64. The van der Waals surface area contributed by atoms with Crippen LogP contribution in [0.4, 0.5) is 0 Å². The van der Waals surface area contributed by atoms with Crippen LogP contribution in [0.1, 0.15) is 21.9 Å². The molecule has 6 nitrogen and oxygen atoms in total. The number of furan rings is 1. The van der Waals surface area contributed by atoms with E-state index in [0.29, 0.717) is 38.2 Å². The third-order valence-electron chi connectivity index (χ3n) is 4.51. The molecule has 3 heterocycles. The quantitative estimate of drug-likeness (QED) is 0.263. The number of fused-ring (bicyclic) bond motifs is 1. The van der Waals surface area contributed by atoms with Gasteiger partial charge in [-0.1, -0.05) is 42.1 Å². The minimum Gasteiger partial charge on any atom is -0.465 e. The SMILES string of the molecule is COC(=O)c1cc(CSc2nc3sc(-c4ccccc4)cc3c(=O)n2C)oc1C. The molecule has 8 heteroatoms. The summed E-state index contributed by atoms with van der Waals surface area (Å²) in [7, 11) is 3.05. The second-order valence-electron chi connectivity index (χ2n) is 6.42. The van der Waals surface area contributed by atoms with Gasteiger partial charge in [0.2, 0.25) is 0 Å². The number of carbonyl (C=O) groups excluding carboxylic acids is 1. The van der Waals surface area contributed by atoms with Crippen LogP contribution in [0.15, 0.2) is 56.8 Å². The van der Waals surface area contributed by atoms with Crippen LogP contribution in [-0.4, -0.2) is 22.6 Å². The van der Waals surface area contributed by atoms with Gasteiger partial charge in [0.1, 0.15) is 21.9 Å². The number of hydrogen-bond acceptors (Lipinski definition) is 7. The number of ether oxygens (including phenoxy) is 1. The van der Waals surface area contributed by atoms with Crippen molar-refractivity contribution in [3.8, 4) is 10.4 Å². The monoisotopic (exact) mass is 426 g/mol. The van der Waals surface area contributed by atoms with Gasteiger partial charge in [0, 0.05) is 11.9 Å². The Kier molecular flexibility index (Phi) is 5.29. The molecule has 0 saturated carbocycles. The Labute approximate surface area is 175 Å². The molecule has 0 amide bonds. The molecule has 0 aliphatic carbocycles. The first kappa shape index (κ1) is 19.5. The van der Waals surface area contributed by atoms with Gasteiger partial charge in [-0.2, -0.15) is 0 Å². The number of nitrogens with zero attached hydrogens (tertiary/aromatic N) is 2. The van der Waals surface area contributed by atoms with Crippen LogP contribution >= 0.6 is 23.1 Å². The number of thioether (sulfide) groups is 1. The van der Waals surface area contributed by atoms with Crippen LogP contribution < -0.4 is 5.56 Å². The molecule has 148 valence electrons. The average Bonchev–Trinajstić information content (AvgIpc) is 3.33. The predicted molar refractivity (Wildman–Crippen MR) is 115 cm³/mol. The minimum atomic E-state index is -0.429. The lowest BCUT2D eigenvalue weighted by atomic mass is 10.2. The van der Waals surface area contributed by atoms with Gasteiger partial charge in [0.05, 0.1) is 18.2 Å². The topological polar surface area (TPSA) is 74.3 Å². The number of thiophene rings is 1. The second kappa shape index (κ2) is 7.88. The van der Waals surface area contributed by atoms with Crippen LogP contribution in [0.5, 0.6) is 0 Å². The molecule has 0 N–H and O–H groups in total. The van der Waals surface area contributed by atoms with E-state index in [-0.39, 0.29) is 5.56 Å². The highest BCUT2D eigenvalue weighted by Gasteiger charge is 2.17. The highest BCUT2D eigenvalue weighted by molar-refractivity contribution is 7.98. The van der Waals surface area contributed by atoms with Crippen LogP contribution in [0.2, 0.25) is 0 Å². The molecule has 0 bridgehead atoms. The zero-order valence-electron chi connectivity index (χ0n) is 16.1. The molecular formula is C21H18N2O4S2. The summed E-state index contributed by atoms with van der Waals surface area (Å²) in [5.41, 5.74) is 1.39. The van der Waals surface area contributed by atoms with Crippen LogP contribution in [0, 0.1) is 6.92 Å². The van der Waals surface area contributed by atoms with Crippen LogP contribution in [-0.2, 0) is 17.5 Å². The smallest absolute Gasteiger partial charge is 0.341 e. The molecular weight excluding hydrogens is 408 g/mol. The molecule has 0 saturated heterocycles. The Morgan fingerprint density at radius 2 is 2.03 bits per heavy atom. The zero-order valence-corrected chi connectivity index (χ0v) is 17.7. The van der Waals surface area contributed by atoms with E-state index in [9.17, 15) is 9.59 Å². The molecule has 0 atom stereocenters. The van der Waals surface area contributed by atoms with E-state index in [1.807, 2.05) is 36.4 Å². The van der Waals surface area contributed by atoms with E-state index in [0.717, 1.165) is 10.4 Å². The van der Waals surface area contributed by atoms with E-state index in [2.05, 4.69) is 4.98 Å². The van der Waals surface area contributed by atoms with Gasteiger partial charge < -0.3 is 9.15 Å². The number of carbonyl (C=O) groups is 1. The summed E-state index contributed by atoms with van der Waals surface area (Å²) in [6.45, 7) is 1.72. The van der Waals surface area contributed by atoms with Gasteiger partial charge in [-0.05, 0) is 24.6 Å². The van der Waals surface area contributed by atoms with Crippen molar-refractivity contribution in [3.05, 3.63) is 69.9 Å². The normalized spacial score (nSPS) is 11.1. The number of methoxy groups -OCH3 is 1. The van der Waals surface area contributed by atoms with Gasteiger partial charge in [-0.15, -0.1) is 11.3 Å². The van der Waals surface area contributed by atoms with Gasteiger partial charge in [0.25, 0.3) is 5.56 Å². The maximum absolute atomic E-state index is 12.8. The van der Waals surface area contributed by atoms with Crippen molar-refractivity contribution in [3.63, 3.8) is 0 Å². The lowest BCUT2D eigenvalue weighted by molar-refractivity contribution is 0.0599. The largest absolute Gasteiger partial charge is 0.465 e. The third-order valence-corrected chi connectivity index (χ3v) is 6.64. The molecule has 4 aromatic rings. The van der Waals surface area contributed by atoms with Crippen molar-refractivity contribution in [2.45, 2.75) is 17.8 Å². The highest BCUT2D eigenvalue weighted by atomic mass is 32.2. The third kappa shape index (κ3) is 3.73. The predicted octanol–water partition coefficient (Wildman–Crippen LogP) is 4.64. The molecule has 0 unspecified atom stereocenters. The summed E-state index contributed by atoms with van der Waals surface area (Å²) in [6.07, 6.45) is 0. The number of rotatable bonds is 5. The highest BCUT2D eigenvalue weighted by Crippen LogP contribution is 2.32. The molecule has 1 aromatic carbocycles. The molecule has 3 aromatic heterocycles. The average molecular weight is 427 g/mol. The Bertz CT molecular complexity index is 1260. The molecule has 4 rings (SSSR count). The van der Waals surface area contributed by atoms with E-state index in [4.69, 9.17) is 9.15 Å². The molecule has 0 fully saturated rings. The summed E-state index contributed by atoms with van der Waals surface area (Å²) < 4.78 is 11.9. The van der Waals surface area contributed by atoms with E-state index >= 15 is 0 Å². The standard InChI is InChI=1S/C21H18N2O4S2/c1-12-15(20(25)26-3)9-14(27-12)11-28-21-22-18-16(19(24)23(21)2)10-17(29-18)13-7-5-4-6-8-13/h4-10H,11H2,1-3H3. The molecule has 0 spiro atoms. The van der Waals surface area contributed by atoms with Gasteiger partial charge in [0.15, 0.2) is 5.16 Å². The lowest BCUT2D eigenvalue weighted by Crippen LogP contribution is -2.19. The van der Waals surface area contributed by atoms with Crippen LogP contribution in [0.3, 0.4) is 0 Å². The van der Waals surface area contributed by atoms with Crippen molar-refractivity contribution in [1.82, 2.24) is 9.55 Å². The van der Waals surface area contributed by atoms with E-state index in [1.54, 1.807) is 24.6 Å². The molecule has 0 aliphatic heterocycles. The van der Waals surface area contributed by atoms with Gasteiger partial charge >= 0.3 is 5.97 Å². The van der Waals surface area contributed by atoms with Gasteiger partial charge in [-0.3, -0.25) is 9.36 Å². The fourth-order valence-corrected chi connectivity index (χ4v) is 4.92. The summed E-state index contributed by atoms with van der Waals surface area (Å²) in [4.78, 5) is 31.0. The molecule has 29 heavy (non-hydrogen) atoms. The van der Waals surface area contributed by atoms with Crippen LogP contribution in [0.25, 0.3) is 20.7 Å². The Morgan fingerprint density at radius 3 is 2.76 bits per heavy atom. The van der Waals surface area contributed by atoms with Crippen molar-refractivity contribution < 1.29 is 13.9 Å². The summed E-state index contributed by atoms with van der Waals surface area (Å²) in [6, 6.07) is 13.5. The van der Waals surface area contributed by atoms with Crippen molar-refractivity contribution in [2.75, 3.05) is 7.11 Å². The Hall–Kier alpha value is -2.84. The number of aromatic nitrogens is 2. The first-order valence-corrected chi connectivity index (χ1v) is 10.6. The number of benzene rings is 1. The number of esters is 1.